The minimum Gasteiger partial charge on any atom is -0.430 e. The van der Waals surface area contributed by atoms with Crippen LogP contribution >= 0.6 is 0 Å². The van der Waals surface area contributed by atoms with E-state index < -0.39 is 45.8 Å². The summed E-state index contributed by atoms with van der Waals surface area (Å²) in [7, 11) is -4.39. The Labute approximate surface area is 290 Å². The van der Waals surface area contributed by atoms with Crippen molar-refractivity contribution in [1.82, 2.24) is 0 Å². The van der Waals surface area contributed by atoms with Gasteiger partial charge in [0.2, 0.25) is 0 Å². The number of carbonyl (C=O) groups excluding carboxylic acids is 2. The fourth-order valence-electron chi connectivity index (χ4n) is 8.46. The Morgan fingerprint density at radius 2 is 1.47 bits per heavy atom. The summed E-state index contributed by atoms with van der Waals surface area (Å²) in [6, 6.07) is 3.47. The molecule has 2 aliphatic carbocycles. The molecule has 1 heterocycles. The SMILES string of the molecule is C=CCC[C@@H]1OC(=O)OC2C(=O)C3C[C@H](O[Si](C)(C)C(C)(C)C)C(C)=C([C@H](O[Si](CCCC)(CCCC)CCCC)C[C@@]21C)C3(C)C. The van der Waals surface area contributed by atoms with Crippen LogP contribution in [0, 0.1) is 16.7 Å². The van der Waals surface area contributed by atoms with Gasteiger partial charge in [-0.15, -0.1) is 6.58 Å². The van der Waals surface area contributed by atoms with Crippen molar-refractivity contribution in [3.63, 3.8) is 0 Å². The van der Waals surface area contributed by atoms with E-state index in [9.17, 15) is 9.59 Å². The summed E-state index contributed by atoms with van der Waals surface area (Å²) in [5, 5.41) is 0.0304. The zero-order valence-electron chi connectivity index (χ0n) is 32.3. The summed E-state index contributed by atoms with van der Waals surface area (Å²) in [5.74, 6) is -0.355. The largest absolute Gasteiger partial charge is 0.509 e. The van der Waals surface area contributed by atoms with E-state index in [1.807, 2.05) is 6.08 Å². The third kappa shape index (κ3) is 8.57. The van der Waals surface area contributed by atoms with Crippen LogP contribution in [-0.2, 0) is 23.1 Å². The number of ketones is 1. The van der Waals surface area contributed by atoms with Gasteiger partial charge < -0.3 is 18.3 Å². The van der Waals surface area contributed by atoms with Crippen LogP contribution in [0.2, 0.25) is 36.3 Å². The van der Waals surface area contributed by atoms with E-state index in [2.05, 4.69) is 88.9 Å². The molecule has 0 amide bonds. The minimum absolute atomic E-state index is 0.0106. The predicted molar refractivity (Wildman–Crippen MR) is 199 cm³/mol. The van der Waals surface area contributed by atoms with Gasteiger partial charge in [0.05, 0.1) is 17.6 Å². The lowest BCUT2D eigenvalue weighted by Gasteiger charge is -2.56. The minimum atomic E-state index is -2.21. The van der Waals surface area contributed by atoms with Gasteiger partial charge in [-0.2, -0.15) is 0 Å². The van der Waals surface area contributed by atoms with Crippen molar-refractivity contribution in [3.8, 4) is 0 Å². The number of ether oxygens (including phenoxy) is 2. The van der Waals surface area contributed by atoms with Crippen molar-refractivity contribution < 1.29 is 27.9 Å². The summed E-state index contributed by atoms with van der Waals surface area (Å²) in [6.07, 6.45) is 8.86. The van der Waals surface area contributed by atoms with Crippen LogP contribution in [0.25, 0.3) is 0 Å². The maximum absolute atomic E-state index is 14.9. The number of hydrogen-bond acceptors (Lipinski definition) is 6. The van der Waals surface area contributed by atoms with Crippen molar-refractivity contribution in [2.24, 2.45) is 16.7 Å². The highest BCUT2D eigenvalue weighted by molar-refractivity contribution is 6.74. The Morgan fingerprint density at radius 1 is 0.915 bits per heavy atom. The molecule has 47 heavy (non-hydrogen) atoms. The number of Topliss-reactive ketones (excluding diaryl/α,β-unsaturated/α-hetero) is 1. The third-order valence-corrected chi connectivity index (χ3v) is 21.6. The van der Waals surface area contributed by atoms with Gasteiger partial charge in [0.25, 0.3) is 0 Å². The standard InChI is InChI=1S/C39H70O6Si2/c1-14-18-22-32-39(11)27-31(45-47(23-19-15-2,24-20-16-3)25-21-17-4)33-28(5)30(44-46(12,13)37(6,7)8)26-29(38(33,9)10)34(40)35(39)43-36(41)42-32/h14,29-32,35H,1,15-27H2,2-13H3/t29?,30-,31+,32-,35?,39+/m0/s1. The smallest absolute Gasteiger partial charge is 0.430 e. The first-order valence-corrected chi connectivity index (χ1v) is 24.4. The van der Waals surface area contributed by atoms with E-state index >= 15 is 0 Å². The van der Waals surface area contributed by atoms with E-state index in [1.165, 1.54) is 30.4 Å². The summed E-state index contributed by atoms with van der Waals surface area (Å²) in [5.41, 5.74) is 1.30. The lowest BCUT2D eigenvalue weighted by molar-refractivity contribution is -0.182. The molecule has 0 aromatic rings. The molecule has 6 atom stereocenters. The fourth-order valence-corrected chi connectivity index (χ4v) is 14.7. The van der Waals surface area contributed by atoms with Crippen LogP contribution in [0.5, 0.6) is 0 Å². The molecular weight excluding hydrogens is 621 g/mol. The highest BCUT2D eigenvalue weighted by Gasteiger charge is 2.62. The average Bonchev–Trinajstić information content (AvgIpc) is 2.98. The lowest BCUT2D eigenvalue weighted by Crippen LogP contribution is -2.63. The quantitative estimate of drug-likeness (QED) is 0.0912. The Bertz CT molecular complexity index is 1120. The van der Waals surface area contributed by atoms with Gasteiger partial charge in [-0.05, 0) is 85.4 Å². The average molecular weight is 691 g/mol. The molecule has 1 saturated carbocycles. The number of allylic oxidation sites excluding steroid dienone is 1. The van der Waals surface area contributed by atoms with Gasteiger partial charge in [-0.25, -0.2) is 4.79 Å². The molecule has 0 spiro atoms. The molecule has 6 nitrogen and oxygen atoms in total. The van der Waals surface area contributed by atoms with Crippen molar-refractivity contribution in [2.75, 3.05) is 0 Å². The Hall–Kier alpha value is -1.23. The summed E-state index contributed by atoms with van der Waals surface area (Å²) in [4.78, 5) is 27.9. The van der Waals surface area contributed by atoms with Crippen molar-refractivity contribution in [2.45, 2.75) is 194 Å². The summed E-state index contributed by atoms with van der Waals surface area (Å²) < 4.78 is 27.1. The Morgan fingerprint density at radius 3 is 1.96 bits per heavy atom. The molecule has 8 heteroatoms. The van der Waals surface area contributed by atoms with Gasteiger partial charge in [-0.3, -0.25) is 4.79 Å². The molecular formula is C39H70O6Si2. The molecule has 2 fully saturated rings. The van der Waals surface area contributed by atoms with E-state index in [0.29, 0.717) is 25.7 Å². The molecule has 1 aliphatic heterocycles. The summed E-state index contributed by atoms with van der Waals surface area (Å²) >= 11 is 0. The number of hydrogen-bond donors (Lipinski definition) is 0. The second-order valence-electron chi connectivity index (χ2n) is 17.4. The molecule has 0 radical (unpaired) electrons. The lowest BCUT2D eigenvalue weighted by atomic mass is 9.55. The summed E-state index contributed by atoms with van der Waals surface area (Å²) in [6.45, 7) is 31.1. The number of fused-ring (bicyclic) bond motifs is 3. The highest BCUT2D eigenvalue weighted by Crippen LogP contribution is 2.57. The maximum Gasteiger partial charge on any atom is 0.509 e. The van der Waals surface area contributed by atoms with Crippen LogP contribution in [0.4, 0.5) is 4.79 Å². The molecule has 3 aliphatic rings. The first-order valence-electron chi connectivity index (χ1n) is 18.9. The maximum atomic E-state index is 14.9. The Kier molecular flexibility index (Phi) is 13.5. The van der Waals surface area contributed by atoms with Crippen LogP contribution < -0.4 is 0 Å². The van der Waals surface area contributed by atoms with E-state index in [4.69, 9.17) is 18.3 Å². The van der Waals surface area contributed by atoms with Gasteiger partial charge in [0.1, 0.15) is 6.10 Å². The van der Waals surface area contributed by atoms with Gasteiger partial charge in [0.15, 0.2) is 28.5 Å². The molecule has 2 unspecified atom stereocenters. The van der Waals surface area contributed by atoms with Gasteiger partial charge in [-0.1, -0.05) is 107 Å². The fraction of sp³-hybridized carbons (Fsp3) is 0.846. The van der Waals surface area contributed by atoms with Crippen LogP contribution in [0.1, 0.15) is 133 Å². The number of rotatable bonds is 16. The molecule has 2 bridgehead atoms. The van der Waals surface area contributed by atoms with Crippen LogP contribution in [-0.4, -0.2) is 53.0 Å². The Balaban J connectivity index is 2.32. The zero-order valence-corrected chi connectivity index (χ0v) is 34.3. The number of cyclic esters (lactones) is 1. The molecule has 0 aromatic heterocycles. The van der Waals surface area contributed by atoms with E-state index in [1.54, 1.807) is 0 Å². The highest BCUT2D eigenvalue weighted by atomic mass is 28.4. The van der Waals surface area contributed by atoms with E-state index in [-0.39, 0.29) is 28.9 Å². The second kappa shape index (κ2) is 15.8. The second-order valence-corrected chi connectivity index (χ2v) is 26.3. The normalized spacial score (nSPS) is 29.8. The first-order chi connectivity index (χ1) is 21.8. The molecule has 0 aromatic carbocycles. The number of unbranched alkanes of at least 4 members (excludes halogenated alkanes) is 3. The molecule has 270 valence electrons. The van der Waals surface area contributed by atoms with E-state index in [0.717, 1.165) is 37.4 Å². The molecule has 1 saturated heterocycles. The van der Waals surface area contributed by atoms with Crippen molar-refractivity contribution >= 4 is 28.6 Å². The van der Waals surface area contributed by atoms with Crippen LogP contribution in [0.15, 0.2) is 23.8 Å². The predicted octanol–water partition coefficient (Wildman–Crippen LogP) is 11.3. The van der Waals surface area contributed by atoms with Crippen LogP contribution in [0.3, 0.4) is 0 Å². The van der Waals surface area contributed by atoms with Gasteiger partial charge >= 0.3 is 6.16 Å². The third-order valence-electron chi connectivity index (χ3n) is 12.5. The first kappa shape index (κ1) is 40.2. The molecule has 0 N–H and O–H groups in total. The number of carbonyl (C=O) groups is 2. The van der Waals surface area contributed by atoms with Crippen molar-refractivity contribution in [3.05, 3.63) is 23.8 Å². The van der Waals surface area contributed by atoms with Gasteiger partial charge in [0, 0.05) is 5.92 Å². The molecule has 3 rings (SSSR count). The van der Waals surface area contributed by atoms with Crippen molar-refractivity contribution in [1.29, 1.82) is 0 Å². The topological polar surface area (TPSA) is 71.1 Å². The zero-order chi connectivity index (χ0) is 35.4. The monoisotopic (exact) mass is 690 g/mol.